The number of nitrogens with one attached hydrogen (secondary N) is 2. The van der Waals surface area contributed by atoms with Crippen LogP contribution in [0.2, 0.25) is 0 Å². The number of primary amides is 1. The molecule has 1 atom stereocenters. The summed E-state index contributed by atoms with van der Waals surface area (Å²) >= 11 is 0. The fourth-order valence-corrected chi connectivity index (χ4v) is 3.89. The van der Waals surface area contributed by atoms with E-state index >= 15 is 4.39 Å². The minimum absolute atomic E-state index is 0.102. The molecule has 1 heterocycles. The number of ether oxygens (including phenoxy) is 1. The molecule has 1 aliphatic carbocycles. The largest absolute Gasteiger partial charge is 0.444 e. The van der Waals surface area contributed by atoms with Crippen molar-refractivity contribution in [2.75, 3.05) is 0 Å². The van der Waals surface area contributed by atoms with Crippen LogP contribution in [0.25, 0.3) is 16.5 Å². The minimum Gasteiger partial charge on any atom is -0.444 e. The van der Waals surface area contributed by atoms with Crippen molar-refractivity contribution in [2.45, 2.75) is 65.5 Å². The topological polar surface area (TPSA) is 97.2 Å². The quantitative estimate of drug-likeness (QED) is 0.677. The van der Waals surface area contributed by atoms with Gasteiger partial charge in [0, 0.05) is 16.6 Å². The summed E-state index contributed by atoms with van der Waals surface area (Å²) in [6.45, 7) is 8.84. The van der Waals surface area contributed by atoms with E-state index in [2.05, 4.69) is 10.3 Å². The number of alkyl carbamates (subject to hydrolysis) is 1. The molecule has 0 saturated heterocycles. The van der Waals surface area contributed by atoms with Gasteiger partial charge in [-0.15, -0.1) is 0 Å². The second-order valence-corrected chi connectivity index (χ2v) is 8.70. The van der Waals surface area contributed by atoms with Crippen molar-refractivity contribution in [3.63, 3.8) is 0 Å². The van der Waals surface area contributed by atoms with Crippen LogP contribution in [-0.2, 0) is 4.74 Å². The first-order chi connectivity index (χ1) is 13.9. The molecule has 1 aromatic heterocycles. The summed E-state index contributed by atoms with van der Waals surface area (Å²) in [4.78, 5) is 26.9. The standard InChI is InChI=1S/C22H27F2N3O3/c1-10-11(2)26-19-14(10)15(17(23)18(24)16(19)20(25)28)12-7-6-8-13(9-12)27-21(29)30-22(3,4)5/h9,13,26H,6-8H2,1-5H3,(H2,25,28)(H,27,29). The molecule has 1 aromatic carbocycles. The molecule has 0 bridgehead atoms. The Bertz CT molecular complexity index is 1060. The molecule has 1 unspecified atom stereocenters. The fourth-order valence-electron chi connectivity index (χ4n) is 3.89. The molecule has 0 spiro atoms. The zero-order valence-electron chi connectivity index (χ0n) is 17.8. The third kappa shape index (κ3) is 4.04. The number of aryl methyl sites for hydroxylation is 2. The van der Waals surface area contributed by atoms with E-state index in [1.165, 1.54) is 0 Å². The molecular formula is C22H27F2N3O3. The average molecular weight is 419 g/mol. The van der Waals surface area contributed by atoms with Crippen LogP contribution in [0.3, 0.4) is 0 Å². The molecule has 0 aliphatic heterocycles. The van der Waals surface area contributed by atoms with Gasteiger partial charge >= 0.3 is 6.09 Å². The molecule has 1 aliphatic rings. The van der Waals surface area contributed by atoms with Crippen molar-refractivity contribution in [3.8, 4) is 0 Å². The Morgan fingerprint density at radius 1 is 1.23 bits per heavy atom. The zero-order chi connectivity index (χ0) is 22.4. The van der Waals surface area contributed by atoms with Gasteiger partial charge in [-0.2, -0.15) is 0 Å². The van der Waals surface area contributed by atoms with Crippen LogP contribution < -0.4 is 11.1 Å². The Hall–Kier alpha value is -2.90. The Morgan fingerprint density at radius 3 is 2.50 bits per heavy atom. The highest BCUT2D eigenvalue weighted by Crippen LogP contribution is 2.39. The van der Waals surface area contributed by atoms with Gasteiger partial charge in [-0.05, 0) is 65.0 Å². The average Bonchev–Trinajstić information content (AvgIpc) is 2.89. The summed E-state index contributed by atoms with van der Waals surface area (Å²) in [6, 6.07) is -0.378. The number of fused-ring (bicyclic) bond motifs is 1. The summed E-state index contributed by atoms with van der Waals surface area (Å²) in [6.07, 6.45) is 3.00. The maximum absolute atomic E-state index is 15.2. The van der Waals surface area contributed by atoms with E-state index in [9.17, 15) is 14.0 Å². The Labute approximate surface area is 173 Å². The Morgan fingerprint density at radius 2 is 1.90 bits per heavy atom. The lowest BCUT2D eigenvalue weighted by Gasteiger charge is -2.26. The lowest BCUT2D eigenvalue weighted by molar-refractivity contribution is 0.0511. The van der Waals surface area contributed by atoms with Crippen molar-refractivity contribution in [1.82, 2.24) is 10.3 Å². The smallest absolute Gasteiger partial charge is 0.408 e. The molecule has 0 fully saturated rings. The van der Waals surface area contributed by atoms with E-state index in [0.717, 1.165) is 0 Å². The predicted molar refractivity (Wildman–Crippen MR) is 111 cm³/mol. The number of halogens is 2. The SMILES string of the molecule is Cc1[nH]c2c(C(N)=O)c(F)c(F)c(C3=CC(NC(=O)OC(C)(C)C)CCC3)c2c1C. The number of allylic oxidation sites excluding steroid dienone is 1. The highest BCUT2D eigenvalue weighted by Gasteiger charge is 2.29. The van der Waals surface area contributed by atoms with E-state index in [4.69, 9.17) is 10.5 Å². The van der Waals surface area contributed by atoms with E-state index in [1.807, 2.05) is 0 Å². The normalized spacial score (nSPS) is 17.0. The summed E-state index contributed by atoms with van der Waals surface area (Å²) < 4.78 is 35.3. The molecule has 8 heteroatoms. The Balaban J connectivity index is 2.11. The van der Waals surface area contributed by atoms with E-state index in [1.54, 1.807) is 40.7 Å². The minimum atomic E-state index is -1.27. The van der Waals surface area contributed by atoms with Gasteiger partial charge in [0.15, 0.2) is 11.6 Å². The third-order valence-corrected chi connectivity index (χ3v) is 5.26. The highest BCUT2D eigenvalue weighted by molar-refractivity contribution is 6.09. The van der Waals surface area contributed by atoms with E-state index in [0.29, 0.717) is 41.5 Å². The third-order valence-electron chi connectivity index (χ3n) is 5.26. The van der Waals surface area contributed by atoms with Crippen molar-refractivity contribution in [1.29, 1.82) is 0 Å². The monoisotopic (exact) mass is 419 g/mol. The van der Waals surface area contributed by atoms with Crippen LogP contribution in [0.1, 0.15) is 67.2 Å². The van der Waals surface area contributed by atoms with Gasteiger partial charge in [-0.25, -0.2) is 13.6 Å². The molecular weight excluding hydrogens is 392 g/mol. The second kappa shape index (κ2) is 7.74. The van der Waals surface area contributed by atoms with E-state index < -0.39 is 34.8 Å². The Kier molecular flexibility index (Phi) is 5.62. The van der Waals surface area contributed by atoms with Crippen LogP contribution in [0.15, 0.2) is 6.08 Å². The zero-order valence-corrected chi connectivity index (χ0v) is 17.8. The number of benzene rings is 1. The second-order valence-electron chi connectivity index (χ2n) is 8.70. The molecule has 4 N–H and O–H groups in total. The molecule has 30 heavy (non-hydrogen) atoms. The summed E-state index contributed by atoms with van der Waals surface area (Å²) in [7, 11) is 0. The van der Waals surface area contributed by atoms with Crippen LogP contribution in [0, 0.1) is 25.5 Å². The van der Waals surface area contributed by atoms with Gasteiger partial charge in [0.2, 0.25) is 0 Å². The van der Waals surface area contributed by atoms with Crippen molar-refractivity contribution < 1.29 is 23.1 Å². The number of amides is 2. The molecule has 162 valence electrons. The first-order valence-electron chi connectivity index (χ1n) is 9.91. The molecule has 2 amide bonds. The number of H-pyrrole nitrogens is 1. The fraction of sp³-hybridized carbons (Fsp3) is 0.455. The number of aromatic nitrogens is 1. The van der Waals surface area contributed by atoms with Crippen molar-refractivity contribution in [2.24, 2.45) is 5.73 Å². The van der Waals surface area contributed by atoms with Crippen molar-refractivity contribution in [3.05, 3.63) is 40.1 Å². The number of rotatable bonds is 3. The maximum atomic E-state index is 15.2. The summed E-state index contributed by atoms with van der Waals surface area (Å²) in [5, 5.41) is 3.21. The van der Waals surface area contributed by atoms with Crippen LogP contribution in [0.4, 0.5) is 13.6 Å². The van der Waals surface area contributed by atoms with Crippen LogP contribution >= 0.6 is 0 Å². The highest BCUT2D eigenvalue weighted by atomic mass is 19.2. The first kappa shape index (κ1) is 21.8. The predicted octanol–water partition coefficient (Wildman–Crippen LogP) is 4.62. The van der Waals surface area contributed by atoms with Gasteiger partial charge in [0.25, 0.3) is 5.91 Å². The van der Waals surface area contributed by atoms with Gasteiger partial charge < -0.3 is 20.8 Å². The number of aromatic amines is 1. The first-order valence-corrected chi connectivity index (χ1v) is 9.91. The van der Waals surface area contributed by atoms with E-state index in [-0.39, 0.29) is 17.1 Å². The number of hydrogen-bond acceptors (Lipinski definition) is 3. The molecule has 6 nitrogen and oxygen atoms in total. The lowest BCUT2D eigenvalue weighted by atomic mass is 9.87. The maximum Gasteiger partial charge on any atom is 0.408 e. The van der Waals surface area contributed by atoms with Gasteiger partial charge in [-0.1, -0.05) is 6.08 Å². The van der Waals surface area contributed by atoms with Gasteiger partial charge in [0.05, 0.1) is 11.6 Å². The van der Waals surface area contributed by atoms with Crippen LogP contribution in [0.5, 0.6) is 0 Å². The van der Waals surface area contributed by atoms with Crippen molar-refractivity contribution >= 4 is 28.5 Å². The molecule has 0 saturated carbocycles. The molecule has 0 radical (unpaired) electrons. The molecule has 2 aromatic rings. The van der Waals surface area contributed by atoms with Gasteiger partial charge in [0.1, 0.15) is 11.2 Å². The number of carbonyl (C=O) groups is 2. The van der Waals surface area contributed by atoms with Crippen LogP contribution in [-0.4, -0.2) is 28.6 Å². The summed E-state index contributed by atoms with van der Waals surface area (Å²) in [5.41, 5.74) is 6.47. The number of hydrogen-bond donors (Lipinski definition) is 3. The summed E-state index contributed by atoms with van der Waals surface area (Å²) in [5.74, 6) is -3.41. The molecule has 3 rings (SSSR count). The number of nitrogens with two attached hydrogens (primary N) is 1. The number of carbonyl (C=O) groups excluding carboxylic acids is 2. The lowest BCUT2D eigenvalue weighted by Crippen LogP contribution is -2.39. The van der Waals surface area contributed by atoms with Gasteiger partial charge in [-0.3, -0.25) is 4.79 Å².